The highest BCUT2D eigenvalue weighted by Gasteiger charge is 2.17. The summed E-state index contributed by atoms with van der Waals surface area (Å²) in [5, 5.41) is 8.72. The lowest BCUT2D eigenvalue weighted by Gasteiger charge is -2.07. The van der Waals surface area contributed by atoms with E-state index in [1.165, 1.54) is 0 Å². The molecule has 28 heavy (non-hydrogen) atoms. The van der Waals surface area contributed by atoms with E-state index < -0.39 is 0 Å². The normalized spacial score (nSPS) is 10.9. The molecule has 0 fully saturated rings. The molecular weight excluding hydrogens is 352 g/mol. The summed E-state index contributed by atoms with van der Waals surface area (Å²) in [5.74, 6) is -0.180. The Morgan fingerprint density at radius 1 is 0.929 bits per heavy atom. The van der Waals surface area contributed by atoms with Crippen LogP contribution in [0.4, 0.5) is 5.69 Å². The first-order valence-corrected chi connectivity index (χ1v) is 9.17. The Morgan fingerprint density at radius 3 is 2.50 bits per heavy atom. The van der Waals surface area contributed by atoms with Crippen LogP contribution < -0.4 is 10.6 Å². The van der Waals surface area contributed by atoms with Crippen LogP contribution in [0.5, 0.6) is 0 Å². The van der Waals surface area contributed by atoms with Gasteiger partial charge in [-0.15, -0.1) is 0 Å². The molecule has 2 amide bonds. The third-order valence-electron chi connectivity index (χ3n) is 4.72. The SMILES string of the molecule is Cc1c(C(=O)NCCC(=O)Nc2ccc3ccccc3c2)oc2ccccc12. The topological polar surface area (TPSA) is 71.3 Å². The van der Waals surface area contributed by atoms with Gasteiger partial charge < -0.3 is 15.1 Å². The number of benzene rings is 3. The number of rotatable bonds is 5. The minimum absolute atomic E-state index is 0.156. The number of amides is 2. The van der Waals surface area contributed by atoms with Gasteiger partial charge in [0.1, 0.15) is 5.58 Å². The molecule has 0 unspecified atom stereocenters. The average Bonchev–Trinajstić information content (AvgIpc) is 3.05. The Morgan fingerprint density at radius 2 is 1.68 bits per heavy atom. The molecule has 140 valence electrons. The maximum absolute atomic E-state index is 12.4. The molecule has 2 N–H and O–H groups in total. The van der Waals surface area contributed by atoms with Crippen molar-refractivity contribution in [3.63, 3.8) is 0 Å². The smallest absolute Gasteiger partial charge is 0.287 e. The minimum atomic E-state index is -0.313. The van der Waals surface area contributed by atoms with Crippen LogP contribution in [-0.4, -0.2) is 18.4 Å². The first kappa shape index (κ1) is 17.8. The Labute approximate surface area is 162 Å². The van der Waals surface area contributed by atoms with Crippen LogP contribution in [-0.2, 0) is 4.79 Å². The highest BCUT2D eigenvalue weighted by molar-refractivity contribution is 5.99. The van der Waals surface area contributed by atoms with Gasteiger partial charge in [0.05, 0.1) is 0 Å². The predicted molar refractivity (Wildman–Crippen MR) is 110 cm³/mol. The third-order valence-corrected chi connectivity index (χ3v) is 4.72. The van der Waals surface area contributed by atoms with Gasteiger partial charge in [-0.3, -0.25) is 9.59 Å². The van der Waals surface area contributed by atoms with Crippen LogP contribution >= 0.6 is 0 Å². The predicted octanol–water partition coefficient (Wildman–Crippen LogP) is 4.65. The summed E-state index contributed by atoms with van der Waals surface area (Å²) >= 11 is 0. The summed E-state index contributed by atoms with van der Waals surface area (Å²) in [7, 11) is 0. The van der Waals surface area contributed by atoms with E-state index >= 15 is 0 Å². The molecule has 4 rings (SSSR count). The highest BCUT2D eigenvalue weighted by atomic mass is 16.3. The summed E-state index contributed by atoms with van der Waals surface area (Å²) < 4.78 is 5.64. The van der Waals surface area contributed by atoms with Gasteiger partial charge in [0.15, 0.2) is 5.76 Å². The molecule has 3 aromatic carbocycles. The third kappa shape index (κ3) is 3.60. The molecule has 0 radical (unpaired) electrons. The van der Waals surface area contributed by atoms with E-state index in [9.17, 15) is 9.59 Å². The minimum Gasteiger partial charge on any atom is -0.451 e. The number of nitrogens with one attached hydrogen (secondary N) is 2. The monoisotopic (exact) mass is 372 g/mol. The fourth-order valence-electron chi connectivity index (χ4n) is 3.25. The van der Waals surface area contributed by atoms with Gasteiger partial charge in [0.2, 0.25) is 5.91 Å². The van der Waals surface area contributed by atoms with Crippen LogP contribution in [0.15, 0.2) is 71.1 Å². The highest BCUT2D eigenvalue weighted by Crippen LogP contribution is 2.24. The molecule has 4 aromatic rings. The van der Waals surface area contributed by atoms with Gasteiger partial charge in [-0.25, -0.2) is 0 Å². The van der Waals surface area contributed by atoms with E-state index in [0.717, 1.165) is 27.4 Å². The van der Waals surface area contributed by atoms with Crippen LogP contribution in [0.25, 0.3) is 21.7 Å². The summed E-state index contributed by atoms with van der Waals surface area (Å²) in [6.45, 7) is 2.09. The van der Waals surface area contributed by atoms with E-state index in [-0.39, 0.29) is 30.5 Å². The molecule has 0 saturated heterocycles. The summed E-state index contributed by atoms with van der Waals surface area (Å²) in [6, 6.07) is 21.3. The van der Waals surface area contributed by atoms with E-state index in [1.54, 1.807) is 0 Å². The largest absolute Gasteiger partial charge is 0.451 e. The average molecular weight is 372 g/mol. The molecule has 0 saturated carbocycles. The lowest BCUT2D eigenvalue weighted by Crippen LogP contribution is -2.27. The van der Waals surface area contributed by atoms with Crippen LogP contribution in [0.2, 0.25) is 0 Å². The number of para-hydroxylation sites is 1. The molecule has 0 spiro atoms. The number of furan rings is 1. The van der Waals surface area contributed by atoms with Gasteiger partial charge in [0.25, 0.3) is 5.91 Å². The summed E-state index contributed by atoms with van der Waals surface area (Å²) in [6.07, 6.45) is 0.178. The van der Waals surface area contributed by atoms with Crippen molar-refractivity contribution >= 4 is 39.2 Å². The van der Waals surface area contributed by atoms with Crippen molar-refractivity contribution in [3.8, 4) is 0 Å². The molecular formula is C23H20N2O3. The second-order valence-corrected chi connectivity index (χ2v) is 6.67. The Hall–Kier alpha value is -3.60. The van der Waals surface area contributed by atoms with Gasteiger partial charge >= 0.3 is 0 Å². The van der Waals surface area contributed by atoms with Crippen LogP contribution in [0.1, 0.15) is 22.5 Å². The van der Waals surface area contributed by atoms with Gasteiger partial charge in [-0.2, -0.15) is 0 Å². The zero-order chi connectivity index (χ0) is 19.5. The van der Waals surface area contributed by atoms with Gasteiger partial charge in [-0.05, 0) is 35.9 Å². The molecule has 0 atom stereocenters. The lowest BCUT2D eigenvalue weighted by molar-refractivity contribution is -0.116. The number of fused-ring (bicyclic) bond motifs is 2. The van der Waals surface area contributed by atoms with E-state index in [0.29, 0.717) is 5.58 Å². The maximum atomic E-state index is 12.4. The summed E-state index contributed by atoms with van der Waals surface area (Å²) in [4.78, 5) is 24.6. The fourth-order valence-corrected chi connectivity index (χ4v) is 3.25. The van der Waals surface area contributed by atoms with Crippen LogP contribution in [0, 0.1) is 6.92 Å². The standard InChI is InChI=1S/C23H20N2O3/c1-15-19-8-4-5-9-20(19)28-22(15)23(27)24-13-12-21(26)25-18-11-10-16-6-2-3-7-17(16)14-18/h2-11,14H,12-13H2,1H3,(H,24,27)(H,25,26). The Bertz CT molecular complexity index is 1180. The Balaban J connectivity index is 1.34. The van der Waals surface area contributed by atoms with Crippen molar-refractivity contribution < 1.29 is 14.0 Å². The first-order valence-electron chi connectivity index (χ1n) is 9.17. The number of aryl methyl sites for hydroxylation is 1. The van der Waals surface area contributed by atoms with Crippen molar-refractivity contribution in [1.29, 1.82) is 0 Å². The van der Waals surface area contributed by atoms with E-state index in [1.807, 2.05) is 73.7 Å². The molecule has 0 aliphatic carbocycles. The van der Waals surface area contributed by atoms with Gasteiger partial charge in [-0.1, -0.05) is 48.5 Å². The number of hydrogen-bond donors (Lipinski definition) is 2. The lowest BCUT2D eigenvalue weighted by atomic mass is 10.1. The molecule has 0 bridgehead atoms. The molecule has 0 aliphatic rings. The molecule has 5 heteroatoms. The Kier molecular flexibility index (Phi) is 4.81. The second-order valence-electron chi connectivity index (χ2n) is 6.67. The zero-order valence-electron chi connectivity index (χ0n) is 15.5. The number of carbonyl (C=O) groups excluding carboxylic acids is 2. The van der Waals surface area contributed by atoms with Crippen LogP contribution in [0.3, 0.4) is 0 Å². The second kappa shape index (κ2) is 7.56. The summed E-state index contributed by atoms with van der Waals surface area (Å²) in [5.41, 5.74) is 2.22. The first-order chi connectivity index (χ1) is 13.6. The van der Waals surface area contributed by atoms with Crippen molar-refractivity contribution in [3.05, 3.63) is 78.1 Å². The van der Waals surface area contributed by atoms with Crippen molar-refractivity contribution in [2.75, 3.05) is 11.9 Å². The fraction of sp³-hybridized carbons (Fsp3) is 0.130. The molecule has 5 nitrogen and oxygen atoms in total. The van der Waals surface area contributed by atoms with E-state index in [2.05, 4.69) is 10.6 Å². The van der Waals surface area contributed by atoms with E-state index in [4.69, 9.17) is 4.42 Å². The quantitative estimate of drug-likeness (QED) is 0.535. The molecule has 1 aromatic heterocycles. The maximum Gasteiger partial charge on any atom is 0.287 e. The number of anilines is 1. The molecule has 1 heterocycles. The number of hydrogen-bond acceptors (Lipinski definition) is 3. The van der Waals surface area contributed by atoms with Crippen molar-refractivity contribution in [2.45, 2.75) is 13.3 Å². The van der Waals surface area contributed by atoms with Crippen molar-refractivity contribution in [1.82, 2.24) is 5.32 Å². The zero-order valence-corrected chi connectivity index (χ0v) is 15.5. The number of carbonyl (C=O) groups is 2. The molecule has 0 aliphatic heterocycles. The van der Waals surface area contributed by atoms with Crippen molar-refractivity contribution in [2.24, 2.45) is 0 Å². The van der Waals surface area contributed by atoms with Gasteiger partial charge in [0, 0.05) is 29.6 Å².